The van der Waals surface area contributed by atoms with Gasteiger partial charge in [0.15, 0.2) is 0 Å². The Morgan fingerprint density at radius 3 is 3.16 bits per heavy atom. The maximum Gasteiger partial charge on any atom is 0.125 e. The highest BCUT2D eigenvalue weighted by molar-refractivity contribution is 5.61. The Balaban J connectivity index is 1.79. The van der Waals surface area contributed by atoms with Crippen molar-refractivity contribution in [3.8, 4) is 5.75 Å². The van der Waals surface area contributed by atoms with Crippen molar-refractivity contribution in [3.05, 3.63) is 23.8 Å². The molecule has 3 heteroatoms. The fraction of sp³-hybridized carbons (Fsp3) is 0.625. The van der Waals surface area contributed by atoms with Crippen LogP contribution in [0.4, 0.5) is 5.69 Å². The lowest BCUT2D eigenvalue weighted by Crippen LogP contribution is -2.49. The second-order valence-corrected chi connectivity index (χ2v) is 5.98. The molecule has 2 aliphatic rings. The number of hydrogen-bond donors (Lipinski definition) is 1. The first-order valence-corrected chi connectivity index (χ1v) is 7.47. The molecule has 0 saturated carbocycles. The number of fused-ring (bicyclic) bond motifs is 1. The van der Waals surface area contributed by atoms with Crippen molar-refractivity contribution in [2.24, 2.45) is 0 Å². The van der Waals surface area contributed by atoms with Crippen LogP contribution in [-0.4, -0.2) is 36.7 Å². The van der Waals surface area contributed by atoms with Crippen LogP contribution >= 0.6 is 0 Å². The summed E-state index contributed by atoms with van der Waals surface area (Å²) >= 11 is 0. The lowest BCUT2D eigenvalue weighted by atomic mass is 9.94. The van der Waals surface area contributed by atoms with Crippen LogP contribution in [0.1, 0.15) is 32.3 Å². The largest absolute Gasteiger partial charge is 0.486 e. The van der Waals surface area contributed by atoms with Gasteiger partial charge in [-0.2, -0.15) is 0 Å². The number of likely N-dealkylation sites (N-methyl/N-ethyl adjacent to an activating group) is 1. The van der Waals surface area contributed by atoms with Crippen LogP contribution in [0, 0.1) is 0 Å². The molecule has 0 amide bonds. The third-order valence-electron chi connectivity index (χ3n) is 4.37. The predicted octanol–water partition coefficient (Wildman–Crippen LogP) is 2.91. The van der Waals surface area contributed by atoms with Gasteiger partial charge in [0.05, 0.1) is 0 Å². The standard InChI is InChI=1S/C16H24N2O/c1-3-18-11-5-9-16(2,12-18)19-15-7-4-6-14-13(15)8-10-17-14/h4,6-7,17H,3,5,8-12H2,1-2H3. The molecular weight excluding hydrogens is 236 g/mol. The normalized spacial score (nSPS) is 26.8. The Kier molecular flexibility index (Phi) is 3.40. The summed E-state index contributed by atoms with van der Waals surface area (Å²) in [6.07, 6.45) is 3.47. The van der Waals surface area contributed by atoms with E-state index in [0.29, 0.717) is 0 Å². The molecule has 0 radical (unpaired) electrons. The first-order chi connectivity index (χ1) is 9.20. The van der Waals surface area contributed by atoms with E-state index in [1.165, 1.54) is 24.2 Å². The molecule has 104 valence electrons. The Labute approximate surface area is 115 Å². The fourth-order valence-electron chi connectivity index (χ4n) is 3.33. The van der Waals surface area contributed by atoms with Crippen molar-refractivity contribution in [3.63, 3.8) is 0 Å². The summed E-state index contributed by atoms with van der Waals surface area (Å²) in [6, 6.07) is 6.37. The fourth-order valence-corrected chi connectivity index (χ4v) is 3.33. The average Bonchev–Trinajstić information content (AvgIpc) is 2.88. The van der Waals surface area contributed by atoms with E-state index in [4.69, 9.17) is 4.74 Å². The monoisotopic (exact) mass is 260 g/mol. The van der Waals surface area contributed by atoms with E-state index in [0.717, 1.165) is 38.2 Å². The van der Waals surface area contributed by atoms with Gasteiger partial charge in [0.25, 0.3) is 0 Å². The van der Waals surface area contributed by atoms with Crippen LogP contribution in [0.3, 0.4) is 0 Å². The third-order valence-corrected chi connectivity index (χ3v) is 4.37. The van der Waals surface area contributed by atoms with Gasteiger partial charge in [-0.3, -0.25) is 4.90 Å². The van der Waals surface area contributed by atoms with Crippen molar-refractivity contribution in [1.82, 2.24) is 4.90 Å². The number of ether oxygens (including phenoxy) is 1. The quantitative estimate of drug-likeness (QED) is 0.904. The minimum Gasteiger partial charge on any atom is -0.486 e. The number of rotatable bonds is 3. The maximum absolute atomic E-state index is 6.44. The van der Waals surface area contributed by atoms with Gasteiger partial charge in [-0.05, 0) is 51.4 Å². The molecule has 0 spiro atoms. The highest BCUT2D eigenvalue weighted by Gasteiger charge is 2.33. The minimum atomic E-state index is -0.0357. The molecule has 1 aromatic carbocycles. The topological polar surface area (TPSA) is 24.5 Å². The Morgan fingerprint density at radius 2 is 2.32 bits per heavy atom. The van der Waals surface area contributed by atoms with Crippen molar-refractivity contribution >= 4 is 5.69 Å². The van der Waals surface area contributed by atoms with E-state index < -0.39 is 0 Å². The van der Waals surface area contributed by atoms with Crippen molar-refractivity contribution in [1.29, 1.82) is 0 Å². The molecule has 0 bridgehead atoms. The molecule has 1 unspecified atom stereocenters. The van der Waals surface area contributed by atoms with Gasteiger partial charge in [-0.15, -0.1) is 0 Å². The summed E-state index contributed by atoms with van der Waals surface area (Å²) in [4.78, 5) is 2.49. The Bertz CT molecular complexity index is 460. The lowest BCUT2D eigenvalue weighted by Gasteiger charge is -2.40. The second kappa shape index (κ2) is 5.04. The van der Waals surface area contributed by atoms with E-state index in [2.05, 4.69) is 42.3 Å². The van der Waals surface area contributed by atoms with Crippen LogP contribution in [-0.2, 0) is 6.42 Å². The SMILES string of the molecule is CCN1CCCC(C)(Oc2cccc3c2CCN3)C1. The highest BCUT2D eigenvalue weighted by Crippen LogP contribution is 2.35. The number of nitrogens with one attached hydrogen (secondary N) is 1. The molecule has 0 aliphatic carbocycles. The third kappa shape index (κ3) is 2.57. The van der Waals surface area contributed by atoms with Crippen LogP contribution in [0.25, 0.3) is 0 Å². The molecule has 3 rings (SSSR count). The first-order valence-electron chi connectivity index (χ1n) is 7.47. The molecule has 1 atom stereocenters. The zero-order valence-corrected chi connectivity index (χ0v) is 12.0. The molecule has 3 nitrogen and oxygen atoms in total. The smallest absolute Gasteiger partial charge is 0.125 e. The summed E-state index contributed by atoms with van der Waals surface area (Å²) in [5.74, 6) is 1.09. The highest BCUT2D eigenvalue weighted by atomic mass is 16.5. The second-order valence-electron chi connectivity index (χ2n) is 5.98. The number of hydrogen-bond acceptors (Lipinski definition) is 3. The van der Waals surface area contributed by atoms with Crippen LogP contribution in [0.15, 0.2) is 18.2 Å². The molecule has 0 aromatic heterocycles. The van der Waals surface area contributed by atoms with Crippen molar-refractivity contribution in [2.75, 3.05) is 31.5 Å². The molecule has 1 saturated heterocycles. The molecule has 19 heavy (non-hydrogen) atoms. The van der Waals surface area contributed by atoms with Gasteiger partial charge in [0, 0.05) is 24.3 Å². The van der Waals surface area contributed by atoms with Gasteiger partial charge in [0.2, 0.25) is 0 Å². The number of piperidine rings is 1. The van der Waals surface area contributed by atoms with Crippen LogP contribution < -0.4 is 10.1 Å². The molecule has 2 heterocycles. The molecule has 2 aliphatic heterocycles. The van der Waals surface area contributed by atoms with E-state index in [1.807, 2.05) is 0 Å². The van der Waals surface area contributed by atoms with Gasteiger partial charge in [-0.1, -0.05) is 13.0 Å². The van der Waals surface area contributed by atoms with Crippen molar-refractivity contribution in [2.45, 2.75) is 38.7 Å². The summed E-state index contributed by atoms with van der Waals surface area (Å²) in [7, 11) is 0. The lowest BCUT2D eigenvalue weighted by molar-refractivity contribution is 0.00735. The number of benzene rings is 1. The van der Waals surface area contributed by atoms with E-state index in [-0.39, 0.29) is 5.60 Å². The van der Waals surface area contributed by atoms with Crippen molar-refractivity contribution < 1.29 is 4.74 Å². The number of nitrogens with zero attached hydrogens (tertiary/aromatic N) is 1. The summed E-state index contributed by atoms with van der Waals surface area (Å²) < 4.78 is 6.44. The molecule has 1 N–H and O–H groups in total. The van der Waals surface area contributed by atoms with Gasteiger partial charge in [-0.25, -0.2) is 0 Å². The van der Waals surface area contributed by atoms with Crippen LogP contribution in [0.2, 0.25) is 0 Å². The van der Waals surface area contributed by atoms with Gasteiger partial charge in [0.1, 0.15) is 11.4 Å². The van der Waals surface area contributed by atoms with Gasteiger partial charge >= 0.3 is 0 Å². The summed E-state index contributed by atoms with van der Waals surface area (Å²) in [5.41, 5.74) is 2.58. The van der Waals surface area contributed by atoms with Crippen LogP contribution in [0.5, 0.6) is 5.75 Å². The summed E-state index contributed by atoms with van der Waals surface area (Å²) in [6.45, 7) is 8.90. The minimum absolute atomic E-state index is 0.0357. The Morgan fingerprint density at radius 1 is 1.42 bits per heavy atom. The molecule has 1 aromatic rings. The molecule has 1 fully saturated rings. The zero-order valence-electron chi connectivity index (χ0n) is 12.0. The van der Waals surface area contributed by atoms with Gasteiger partial charge < -0.3 is 10.1 Å². The Hall–Kier alpha value is -1.22. The average molecular weight is 260 g/mol. The van der Waals surface area contributed by atoms with E-state index >= 15 is 0 Å². The number of anilines is 1. The van der Waals surface area contributed by atoms with E-state index in [1.54, 1.807) is 0 Å². The van der Waals surface area contributed by atoms with E-state index in [9.17, 15) is 0 Å². The predicted molar refractivity (Wildman–Crippen MR) is 79.0 cm³/mol. The maximum atomic E-state index is 6.44. The summed E-state index contributed by atoms with van der Waals surface area (Å²) in [5, 5.41) is 3.42. The molecular formula is C16H24N2O. The first kappa shape index (κ1) is 12.8. The number of likely N-dealkylation sites (tertiary alicyclic amines) is 1. The zero-order chi connectivity index (χ0) is 13.3.